The van der Waals surface area contributed by atoms with Crippen molar-refractivity contribution in [3.63, 3.8) is 0 Å². The lowest BCUT2D eigenvalue weighted by atomic mass is 9.55. The van der Waals surface area contributed by atoms with Crippen molar-refractivity contribution >= 4 is 12.3 Å². The Morgan fingerprint density at radius 2 is 1.97 bits per heavy atom. The van der Waals surface area contributed by atoms with Crippen LogP contribution >= 0.6 is 0 Å². The van der Waals surface area contributed by atoms with Gasteiger partial charge in [0.25, 0.3) is 0 Å². The van der Waals surface area contributed by atoms with Crippen LogP contribution in [0.4, 0.5) is 0 Å². The van der Waals surface area contributed by atoms with E-state index in [0.29, 0.717) is 24.4 Å². The number of hydrogen-bond acceptors (Lipinski definition) is 4. The molecule has 3 aliphatic rings. The number of benzene rings is 2. The Morgan fingerprint density at radius 1 is 1.16 bits per heavy atom. The fraction of sp³-hybridized carbons (Fsp3) is 0.500. The molecular weight excluding hydrogens is 400 g/mol. The minimum absolute atomic E-state index is 0.103. The minimum atomic E-state index is -0.279. The van der Waals surface area contributed by atoms with Crippen LogP contribution in [-0.2, 0) is 27.4 Å². The van der Waals surface area contributed by atoms with Crippen LogP contribution in [0.25, 0.3) is 0 Å². The Morgan fingerprint density at radius 3 is 2.72 bits per heavy atom. The molecule has 0 heterocycles. The van der Waals surface area contributed by atoms with Gasteiger partial charge in [-0.05, 0) is 78.7 Å². The van der Waals surface area contributed by atoms with Crippen LogP contribution in [0.5, 0.6) is 5.75 Å². The van der Waals surface area contributed by atoms with E-state index in [-0.39, 0.29) is 23.4 Å². The second kappa shape index (κ2) is 8.38. The summed E-state index contributed by atoms with van der Waals surface area (Å²) in [5.41, 5.74) is 3.93. The van der Waals surface area contributed by atoms with Gasteiger partial charge in [-0.2, -0.15) is 0 Å². The Bertz CT molecular complexity index is 1000. The van der Waals surface area contributed by atoms with Crippen molar-refractivity contribution in [2.75, 3.05) is 0 Å². The van der Waals surface area contributed by atoms with Gasteiger partial charge in [-0.25, -0.2) is 0 Å². The van der Waals surface area contributed by atoms with Gasteiger partial charge >= 0.3 is 5.97 Å². The van der Waals surface area contributed by atoms with Crippen molar-refractivity contribution in [3.8, 4) is 5.75 Å². The predicted molar refractivity (Wildman–Crippen MR) is 122 cm³/mol. The van der Waals surface area contributed by atoms with Gasteiger partial charge in [0.2, 0.25) is 0 Å². The summed E-state index contributed by atoms with van der Waals surface area (Å²) in [7, 11) is 0. The molecule has 2 aromatic rings. The molecule has 0 saturated heterocycles. The monoisotopic (exact) mass is 432 g/mol. The number of hydrogen-bond donors (Lipinski definition) is 0. The lowest BCUT2D eigenvalue weighted by Crippen LogP contribution is -2.46. The molecule has 0 aromatic heterocycles. The molecule has 3 aliphatic carbocycles. The van der Waals surface area contributed by atoms with E-state index in [0.717, 1.165) is 44.1 Å². The van der Waals surface area contributed by atoms with Gasteiger partial charge in [0.15, 0.2) is 0 Å². The topological polar surface area (TPSA) is 52.6 Å². The Labute approximate surface area is 190 Å². The zero-order valence-electron chi connectivity index (χ0n) is 19.0. The summed E-state index contributed by atoms with van der Waals surface area (Å²) in [5.74, 6) is 1.96. The normalized spacial score (nSPS) is 32.9. The zero-order valence-corrected chi connectivity index (χ0v) is 19.0. The number of aldehydes is 1. The van der Waals surface area contributed by atoms with Crippen LogP contribution in [0.1, 0.15) is 62.1 Å². The standard InChI is InChI=1S/C28H32O4/c1-18(30)32-27-21(16-29)15-26-25-10-8-20-14-22(31-17-19-6-4-3-5-7-19)9-11-23(20)24(25)12-13-28(26,27)2/h3-7,9,11,14,16,21,24-27H,8,10,12-13,15,17H2,1-2H3/t21-,24+,25+,26-,27-,28-/m0/s1. The molecule has 0 amide bonds. The summed E-state index contributed by atoms with van der Waals surface area (Å²) >= 11 is 0. The molecule has 32 heavy (non-hydrogen) atoms. The first-order valence-corrected chi connectivity index (χ1v) is 11.9. The molecule has 2 aromatic carbocycles. The molecule has 6 atom stereocenters. The number of carbonyl (C=O) groups excluding carboxylic acids is 2. The number of esters is 1. The Hall–Kier alpha value is -2.62. The van der Waals surface area contributed by atoms with Crippen molar-refractivity contribution in [3.05, 3.63) is 65.2 Å². The molecule has 0 bridgehead atoms. The van der Waals surface area contributed by atoms with Crippen LogP contribution in [0, 0.1) is 23.2 Å². The first-order valence-electron chi connectivity index (χ1n) is 11.9. The van der Waals surface area contributed by atoms with E-state index in [1.165, 1.54) is 23.6 Å². The summed E-state index contributed by atoms with van der Waals surface area (Å²) in [6.45, 7) is 4.29. The maximum Gasteiger partial charge on any atom is 0.302 e. The minimum Gasteiger partial charge on any atom is -0.489 e. The maximum absolute atomic E-state index is 11.8. The van der Waals surface area contributed by atoms with Crippen molar-refractivity contribution in [2.45, 2.75) is 64.6 Å². The van der Waals surface area contributed by atoms with Crippen LogP contribution in [0.15, 0.2) is 48.5 Å². The summed E-state index contributed by atoms with van der Waals surface area (Å²) in [6.07, 6.45) is 5.82. The number of carbonyl (C=O) groups is 2. The molecule has 2 fully saturated rings. The highest BCUT2D eigenvalue weighted by Crippen LogP contribution is 2.62. The molecular formula is C28H32O4. The summed E-state index contributed by atoms with van der Waals surface area (Å²) in [5, 5.41) is 0. The Balaban J connectivity index is 1.35. The van der Waals surface area contributed by atoms with Gasteiger partial charge < -0.3 is 14.3 Å². The fourth-order valence-corrected chi connectivity index (χ4v) is 6.97. The molecule has 0 radical (unpaired) electrons. The molecule has 4 heteroatoms. The number of rotatable bonds is 5. The first-order chi connectivity index (χ1) is 15.5. The fourth-order valence-electron chi connectivity index (χ4n) is 6.97. The molecule has 0 aliphatic heterocycles. The molecule has 2 saturated carbocycles. The van der Waals surface area contributed by atoms with E-state index in [1.54, 1.807) is 0 Å². The quantitative estimate of drug-likeness (QED) is 0.464. The van der Waals surface area contributed by atoms with Crippen molar-refractivity contribution in [1.82, 2.24) is 0 Å². The predicted octanol–water partition coefficient (Wildman–Crippen LogP) is 5.48. The molecule has 0 unspecified atom stereocenters. The Kier molecular flexibility index (Phi) is 5.56. The lowest BCUT2D eigenvalue weighted by Gasteiger charge is -2.50. The van der Waals surface area contributed by atoms with Gasteiger partial charge in [-0.1, -0.05) is 43.3 Å². The van der Waals surface area contributed by atoms with E-state index >= 15 is 0 Å². The number of ether oxygens (including phenoxy) is 2. The maximum atomic E-state index is 11.8. The van der Waals surface area contributed by atoms with Gasteiger partial charge in [0.1, 0.15) is 24.7 Å². The summed E-state index contributed by atoms with van der Waals surface area (Å²) in [4.78, 5) is 23.6. The summed E-state index contributed by atoms with van der Waals surface area (Å²) < 4.78 is 11.8. The average molecular weight is 433 g/mol. The van der Waals surface area contributed by atoms with Crippen molar-refractivity contribution in [1.29, 1.82) is 0 Å². The SMILES string of the molecule is CC(=O)O[C@H]1[C@H](C=O)C[C@H]2[C@@H]3CCc4cc(OCc5ccccc5)ccc4[C@H]3CC[C@@]21C. The van der Waals surface area contributed by atoms with Gasteiger partial charge in [0.05, 0.1) is 5.92 Å². The smallest absolute Gasteiger partial charge is 0.302 e. The zero-order chi connectivity index (χ0) is 22.3. The lowest BCUT2D eigenvalue weighted by molar-refractivity contribution is -0.158. The third-order valence-electron chi connectivity index (χ3n) is 8.42. The van der Waals surface area contributed by atoms with Crippen LogP contribution in [0.3, 0.4) is 0 Å². The highest BCUT2D eigenvalue weighted by atomic mass is 16.5. The van der Waals surface area contributed by atoms with E-state index < -0.39 is 0 Å². The third kappa shape index (κ3) is 3.64. The van der Waals surface area contributed by atoms with E-state index in [2.05, 4.69) is 37.3 Å². The highest BCUT2D eigenvalue weighted by molar-refractivity contribution is 5.67. The van der Waals surface area contributed by atoms with Gasteiger partial charge in [0, 0.05) is 12.3 Å². The van der Waals surface area contributed by atoms with E-state index in [1.807, 2.05) is 18.2 Å². The van der Waals surface area contributed by atoms with E-state index in [9.17, 15) is 9.59 Å². The summed E-state index contributed by atoms with van der Waals surface area (Å²) in [6, 6.07) is 16.9. The van der Waals surface area contributed by atoms with Gasteiger partial charge in [-0.15, -0.1) is 0 Å². The van der Waals surface area contributed by atoms with Crippen molar-refractivity contribution < 1.29 is 19.1 Å². The molecule has 168 valence electrons. The molecule has 0 spiro atoms. The van der Waals surface area contributed by atoms with Crippen molar-refractivity contribution in [2.24, 2.45) is 23.2 Å². The second-order valence-corrected chi connectivity index (χ2v) is 10.2. The largest absolute Gasteiger partial charge is 0.489 e. The van der Waals surface area contributed by atoms with Crippen LogP contribution in [-0.4, -0.2) is 18.4 Å². The molecule has 0 N–H and O–H groups in total. The number of aryl methyl sites for hydroxylation is 1. The third-order valence-corrected chi connectivity index (χ3v) is 8.42. The molecule has 4 nitrogen and oxygen atoms in total. The van der Waals surface area contributed by atoms with Crippen LogP contribution in [0.2, 0.25) is 0 Å². The van der Waals surface area contributed by atoms with Crippen LogP contribution < -0.4 is 4.74 Å². The highest BCUT2D eigenvalue weighted by Gasteiger charge is 2.59. The van der Waals surface area contributed by atoms with E-state index in [4.69, 9.17) is 9.47 Å². The first kappa shape index (κ1) is 21.2. The van der Waals surface area contributed by atoms with Gasteiger partial charge in [-0.3, -0.25) is 4.79 Å². The average Bonchev–Trinajstić information content (AvgIpc) is 3.09. The number of fused-ring (bicyclic) bond motifs is 5. The molecule has 5 rings (SSSR count). The second-order valence-electron chi connectivity index (χ2n) is 10.2.